The Balaban J connectivity index is 4.56. The summed E-state index contributed by atoms with van der Waals surface area (Å²) in [6.45, 7) is -1.50. The summed E-state index contributed by atoms with van der Waals surface area (Å²) in [4.78, 5) is 10.1. The van der Waals surface area contributed by atoms with Crippen molar-refractivity contribution in [3.8, 4) is 12.3 Å². The number of carbonyl (C=O) groups excluding carboxylic acids is 1. The van der Waals surface area contributed by atoms with E-state index in [1.54, 1.807) is 0 Å². The third-order valence-corrected chi connectivity index (χ3v) is 1.01. The van der Waals surface area contributed by atoms with Crippen molar-refractivity contribution in [1.82, 2.24) is 0 Å². The molecule has 4 heteroatoms. The molecule has 0 N–H and O–H groups in total. The smallest absolute Gasteiger partial charge is 0.387 e. The van der Waals surface area contributed by atoms with Gasteiger partial charge in [-0.15, -0.1) is 6.42 Å². The molecule has 0 amide bonds. The fourth-order valence-electron chi connectivity index (χ4n) is 0.553. The first-order valence-electron chi connectivity index (χ1n) is 3.34. The van der Waals surface area contributed by atoms with Gasteiger partial charge in [0.25, 0.3) is 0 Å². The fourth-order valence-corrected chi connectivity index (χ4v) is 0.553. The average molecular weight is 186 g/mol. The molecule has 0 aliphatic heterocycles. The van der Waals surface area contributed by atoms with Crippen molar-refractivity contribution >= 4 is 6.29 Å². The summed E-state index contributed by atoms with van der Waals surface area (Å²) in [7, 11) is 0. The Morgan fingerprint density at radius 1 is 1.62 bits per heavy atom. The number of aldehydes is 1. The summed E-state index contributed by atoms with van der Waals surface area (Å²) in [5.74, 6) is 1.82. The molecule has 0 aromatic rings. The Morgan fingerprint density at radius 3 is 2.62 bits per heavy atom. The number of halogens is 2. The highest BCUT2D eigenvalue weighted by Crippen LogP contribution is 2.08. The number of hydrogen-bond donors (Lipinski definition) is 0. The van der Waals surface area contributed by atoms with Gasteiger partial charge in [0.05, 0.1) is 0 Å². The van der Waals surface area contributed by atoms with E-state index in [1.807, 2.05) is 5.92 Å². The Labute approximate surface area is 74.9 Å². The van der Waals surface area contributed by atoms with E-state index in [4.69, 9.17) is 6.42 Å². The average Bonchev–Trinajstić information content (AvgIpc) is 2.03. The van der Waals surface area contributed by atoms with Gasteiger partial charge >= 0.3 is 6.61 Å². The number of ether oxygens (including phenoxy) is 1. The van der Waals surface area contributed by atoms with Crippen molar-refractivity contribution in [2.75, 3.05) is 0 Å². The minimum atomic E-state index is -2.95. The van der Waals surface area contributed by atoms with Crippen molar-refractivity contribution in [1.29, 1.82) is 0 Å². The van der Waals surface area contributed by atoms with Crippen LogP contribution in [0.4, 0.5) is 8.78 Å². The zero-order valence-electron chi connectivity index (χ0n) is 6.96. The first-order valence-corrected chi connectivity index (χ1v) is 3.34. The highest BCUT2D eigenvalue weighted by Gasteiger charge is 2.04. The molecule has 0 rings (SSSR count). The van der Waals surface area contributed by atoms with Crippen molar-refractivity contribution < 1.29 is 18.3 Å². The Kier molecular flexibility index (Phi) is 5.20. The minimum Gasteiger partial charge on any atom is -0.434 e. The van der Waals surface area contributed by atoms with Crippen LogP contribution in [0.15, 0.2) is 23.5 Å². The SMILES string of the molecule is C#C/C=C(\C=C(/C)C=O)OC(F)F. The summed E-state index contributed by atoms with van der Waals surface area (Å²) >= 11 is 0. The van der Waals surface area contributed by atoms with E-state index >= 15 is 0 Å². The van der Waals surface area contributed by atoms with Crippen molar-refractivity contribution in [3.63, 3.8) is 0 Å². The third-order valence-electron chi connectivity index (χ3n) is 1.01. The van der Waals surface area contributed by atoms with E-state index in [-0.39, 0.29) is 11.3 Å². The second-order valence-corrected chi connectivity index (χ2v) is 2.10. The van der Waals surface area contributed by atoms with Crippen molar-refractivity contribution in [2.24, 2.45) is 0 Å². The molecular formula is C9H8F2O2. The van der Waals surface area contributed by atoms with Gasteiger partial charge in [-0.05, 0) is 18.6 Å². The fraction of sp³-hybridized carbons (Fsp3) is 0.222. The number of hydrogen-bond acceptors (Lipinski definition) is 2. The monoisotopic (exact) mass is 186 g/mol. The Bertz CT molecular complexity index is 272. The number of carbonyl (C=O) groups is 1. The lowest BCUT2D eigenvalue weighted by Crippen LogP contribution is -1.97. The van der Waals surface area contributed by atoms with Crippen LogP contribution in [0.2, 0.25) is 0 Å². The topological polar surface area (TPSA) is 26.3 Å². The van der Waals surface area contributed by atoms with Crippen LogP contribution < -0.4 is 0 Å². The quantitative estimate of drug-likeness (QED) is 0.220. The lowest BCUT2D eigenvalue weighted by molar-refractivity contribution is -0.105. The number of alkyl halides is 2. The summed E-state index contributed by atoms with van der Waals surface area (Å²) < 4.78 is 27.4. The maximum atomic E-state index is 11.7. The van der Waals surface area contributed by atoms with Gasteiger partial charge < -0.3 is 4.74 Å². The lowest BCUT2D eigenvalue weighted by Gasteiger charge is -2.03. The first kappa shape index (κ1) is 11.4. The van der Waals surface area contributed by atoms with Gasteiger partial charge in [-0.3, -0.25) is 4.79 Å². The second kappa shape index (κ2) is 5.95. The molecule has 0 spiro atoms. The van der Waals surface area contributed by atoms with E-state index in [0.29, 0.717) is 6.29 Å². The molecule has 2 nitrogen and oxygen atoms in total. The number of allylic oxidation sites excluding steroid dienone is 3. The van der Waals surface area contributed by atoms with Gasteiger partial charge in [0.2, 0.25) is 0 Å². The molecule has 0 unspecified atom stereocenters. The molecule has 0 atom stereocenters. The summed E-state index contributed by atoms with van der Waals surface area (Å²) in [6.07, 6.45) is 7.52. The third kappa shape index (κ3) is 5.62. The minimum absolute atomic E-state index is 0.206. The van der Waals surface area contributed by atoms with Crippen LogP contribution in [0.3, 0.4) is 0 Å². The molecule has 0 heterocycles. The highest BCUT2D eigenvalue weighted by molar-refractivity contribution is 5.73. The van der Waals surface area contributed by atoms with Gasteiger partial charge in [-0.25, -0.2) is 0 Å². The molecule has 0 fully saturated rings. The molecule has 0 aromatic heterocycles. The molecular weight excluding hydrogens is 178 g/mol. The van der Waals surface area contributed by atoms with Crippen molar-refractivity contribution in [3.05, 3.63) is 23.5 Å². The molecule has 0 aliphatic carbocycles. The van der Waals surface area contributed by atoms with E-state index in [2.05, 4.69) is 4.74 Å². The summed E-state index contributed by atoms with van der Waals surface area (Å²) in [5.41, 5.74) is 0.252. The van der Waals surface area contributed by atoms with Crippen LogP contribution in [0.1, 0.15) is 6.92 Å². The van der Waals surface area contributed by atoms with Gasteiger partial charge in [0.1, 0.15) is 12.0 Å². The molecule has 13 heavy (non-hydrogen) atoms. The van der Waals surface area contributed by atoms with E-state index < -0.39 is 6.61 Å². The van der Waals surface area contributed by atoms with E-state index in [1.165, 1.54) is 6.92 Å². The molecule has 0 bridgehead atoms. The van der Waals surface area contributed by atoms with Crippen LogP contribution in [0.25, 0.3) is 0 Å². The molecule has 0 aromatic carbocycles. The molecule has 0 saturated carbocycles. The summed E-state index contributed by atoms with van der Waals surface area (Å²) in [6, 6.07) is 0. The maximum absolute atomic E-state index is 11.7. The Morgan fingerprint density at radius 2 is 2.23 bits per heavy atom. The van der Waals surface area contributed by atoms with Crippen LogP contribution >= 0.6 is 0 Å². The summed E-state index contributed by atoms with van der Waals surface area (Å²) in [5, 5.41) is 0. The molecule has 0 radical (unpaired) electrons. The highest BCUT2D eigenvalue weighted by atomic mass is 19.3. The largest absolute Gasteiger partial charge is 0.434 e. The second-order valence-electron chi connectivity index (χ2n) is 2.10. The van der Waals surface area contributed by atoms with Crippen molar-refractivity contribution in [2.45, 2.75) is 13.5 Å². The maximum Gasteiger partial charge on any atom is 0.387 e. The number of terminal acetylenes is 1. The molecule has 0 saturated heterocycles. The molecule has 0 aliphatic rings. The first-order chi connectivity index (χ1) is 6.10. The normalized spacial score (nSPS) is 12.5. The van der Waals surface area contributed by atoms with Gasteiger partial charge in [-0.1, -0.05) is 5.92 Å². The van der Waals surface area contributed by atoms with Gasteiger partial charge in [-0.2, -0.15) is 8.78 Å². The number of rotatable bonds is 4. The van der Waals surface area contributed by atoms with Gasteiger partial charge in [0, 0.05) is 6.08 Å². The molecule has 70 valence electrons. The van der Waals surface area contributed by atoms with Crippen LogP contribution in [0.5, 0.6) is 0 Å². The Hall–Kier alpha value is -1.63. The lowest BCUT2D eigenvalue weighted by atomic mass is 10.3. The van der Waals surface area contributed by atoms with E-state index in [9.17, 15) is 13.6 Å². The predicted molar refractivity (Wildman–Crippen MR) is 43.8 cm³/mol. The van der Waals surface area contributed by atoms with Gasteiger partial charge in [0.15, 0.2) is 0 Å². The predicted octanol–water partition coefficient (Wildman–Crippen LogP) is 1.89. The van der Waals surface area contributed by atoms with E-state index in [0.717, 1.165) is 12.2 Å². The zero-order valence-corrected chi connectivity index (χ0v) is 6.96. The van der Waals surface area contributed by atoms with Crippen LogP contribution in [-0.4, -0.2) is 12.9 Å². The zero-order chi connectivity index (χ0) is 10.3. The standard InChI is InChI=1S/C9H8F2O2/c1-3-4-8(13-9(10)11)5-7(2)6-12/h1,4-6,9H,2H3/b7-5+,8-4+. The van der Waals surface area contributed by atoms with Crippen LogP contribution in [-0.2, 0) is 9.53 Å². The van der Waals surface area contributed by atoms with Crippen LogP contribution in [0, 0.1) is 12.3 Å².